The Hall–Kier alpha value is -2.26. The van der Waals surface area contributed by atoms with Gasteiger partial charge in [-0.05, 0) is 71.9 Å². The van der Waals surface area contributed by atoms with Gasteiger partial charge in [-0.1, -0.05) is 106 Å². The molecule has 144 valence electrons. The molecule has 0 amide bonds. The molecule has 1 unspecified atom stereocenters. The standard InChI is InChI=1S/C27H26P2/c1-20-12-4-7-15-23(20)28-24-16-8-11-19-27(24)29(25-17-9-5-13-21(25)2)26-18-10-6-14-22(26)3/h4-19,28H,1-3H3. The fourth-order valence-electron chi connectivity index (χ4n) is 3.65. The minimum atomic E-state index is -0.607. The van der Waals surface area contributed by atoms with Gasteiger partial charge in [0.05, 0.1) is 0 Å². The largest absolute Gasteiger partial charge is 0.0620 e. The van der Waals surface area contributed by atoms with E-state index < -0.39 is 7.92 Å². The summed E-state index contributed by atoms with van der Waals surface area (Å²) in [6.45, 7) is 6.71. The van der Waals surface area contributed by atoms with E-state index in [1.165, 1.54) is 43.2 Å². The number of aryl methyl sites for hydroxylation is 3. The average Bonchev–Trinajstić information content (AvgIpc) is 2.74. The van der Waals surface area contributed by atoms with Gasteiger partial charge < -0.3 is 0 Å². The maximum atomic E-state index is 2.35. The van der Waals surface area contributed by atoms with Crippen molar-refractivity contribution >= 4 is 43.0 Å². The first-order valence-electron chi connectivity index (χ1n) is 9.98. The van der Waals surface area contributed by atoms with E-state index >= 15 is 0 Å². The summed E-state index contributed by atoms with van der Waals surface area (Å²) < 4.78 is 0. The van der Waals surface area contributed by atoms with Gasteiger partial charge in [0, 0.05) is 0 Å². The third-order valence-corrected chi connectivity index (χ3v) is 9.86. The maximum Gasteiger partial charge on any atom is -0.00733 e. The molecule has 0 nitrogen and oxygen atoms in total. The van der Waals surface area contributed by atoms with Gasteiger partial charge in [0.15, 0.2) is 0 Å². The van der Waals surface area contributed by atoms with Crippen LogP contribution in [0.1, 0.15) is 16.7 Å². The van der Waals surface area contributed by atoms with Crippen LogP contribution >= 0.6 is 16.5 Å². The molecule has 0 aliphatic carbocycles. The molecule has 0 saturated carbocycles. The van der Waals surface area contributed by atoms with Gasteiger partial charge in [0.25, 0.3) is 0 Å². The summed E-state index contributed by atoms with van der Waals surface area (Å²) in [6.07, 6.45) is 0. The quantitative estimate of drug-likeness (QED) is 0.405. The topological polar surface area (TPSA) is 0 Å². The van der Waals surface area contributed by atoms with Crippen LogP contribution in [-0.2, 0) is 0 Å². The number of hydrogen-bond donors (Lipinski definition) is 0. The Morgan fingerprint density at radius 1 is 0.448 bits per heavy atom. The SMILES string of the molecule is Cc1ccccc1Pc1ccccc1P(c1ccccc1C)c1ccccc1C. The molecule has 29 heavy (non-hydrogen) atoms. The van der Waals surface area contributed by atoms with Crippen LogP contribution in [0.15, 0.2) is 97.1 Å². The van der Waals surface area contributed by atoms with Gasteiger partial charge in [0.1, 0.15) is 0 Å². The Kier molecular flexibility index (Phi) is 6.25. The first-order valence-corrected chi connectivity index (χ1v) is 12.3. The lowest BCUT2D eigenvalue weighted by Crippen LogP contribution is -2.31. The van der Waals surface area contributed by atoms with Crippen LogP contribution in [-0.4, -0.2) is 0 Å². The van der Waals surface area contributed by atoms with E-state index in [4.69, 9.17) is 0 Å². The van der Waals surface area contributed by atoms with Crippen LogP contribution in [0, 0.1) is 20.8 Å². The van der Waals surface area contributed by atoms with Crippen molar-refractivity contribution < 1.29 is 0 Å². The minimum absolute atomic E-state index is 0.607. The molecule has 0 aliphatic rings. The van der Waals surface area contributed by atoms with Crippen LogP contribution in [0.3, 0.4) is 0 Å². The summed E-state index contributed by atoms with van der Waals surface area (Å²) in [5, 5.41) is 7.29. The molecule has 0 radical (unpaired) electrons. The third-order valence-electron chi connectivity index (χ3n) is 5.27. The van der Waals surface area contributed by atoms with Crippen molar-refractivity contribution in [1.29, 1.82) is 0 Å². The van der Waals surface area contributed by atoms with E-state index in [1.54, 1.807) is 0 Å². The molecular formula is C27H26P2. The lowest BCUT2D eigenvalue weighted by atomic mass is 10.2. The zero-order valence-electron chi connectivity index (χ0n) is 17.2. The first-order chi connectivity index (χ1) is 14.1. The molecule has 0 aromatic heterocycles. The highest BCUT2D eigenvalue weighted by Gasteiger charge is 2.22. The molecule has 0 spiro atoms. The van der Waals surface area contributed by atoms with Crippen LogP contribution in [0.2, 0.25) is 0 Å². The van der Waals surface area contributed by atoms with Gasteiger partial charge in [-0.25, -0.2) is 0 Å². The summed E-state index contributed by atoms with van der Waals surface area (Å²) in [4.78, 5) is 0. The second-order valence-electron chi connectivity index (χ2n) is 7.37. The molecule has 4 aromatic carbocycles. The molecule has 1 atom stereocenters. The summed E-state index contributed by atoms with van der Waals surface area (Å²) in [5.41, 5.74) is 4.11. The summed E-state index contributed by atoms with van der Waals surface area (Å²) >= 11 is 0. The molecule has 0 heterocycles. The Labute approximate surface area is 177 Å². The van der Waals surface area contributed by atoms with Gasteiger partial charge in [0.2, 0.25) is 0 Å². The molecule has 0 saturated heterocycles. The Morgan fingerprint density at radius 2 is 0.862 bits per heavy atom. The molecule has 4 aromatic rings. The predicted molar refractivity (Wildman–Crippen MR) is 133 cm³/mol. The summed E-state index contributed by atoms with van der Waals surface area (Å²) in [6, 6.07) is 35.6. The van der Waals surface area contributed by atoms with E-state index in [0.29, 0.717) is 8.58 Å². The van der Waals surface area contributed by atoms with Crippen LogP contribution in [0.25, 0.3) is 0 Å². The normalized spacial score (nSPS) is 11.4. The molecule has 0 bridgehead atoms. The molecule has 0 aliphatic heterocycles. The summed E-state index contributed by atoms with van der Waals surface area (Å²) in [7, 11) is 0.0594. The third kappa shape index (κ3) is 4.35. The zero-order valence-corrected chi connectivity index (χ0v) is 19.1. The number of benzene rings is 4. The van der Waals surface area contributed by atoms with Crippen molar-refractivity contribution in [3.63, 3.8) is 0 Å². The minimum Gasteiger partial charge on any atom is -0.0620 e. The van der Waals surface area contributed by atoms with Crippen molar-refractivity contribution in [3.05, 3.63) is 114 Å². The Balaban J connectivity index is 1.90. The van der Waals surface area contributed by atoms with Gasteiger partial charge >= 0.3 is 0 Å². The van der Waals surface area contributed by atoms with Crippen LogP contribution in [0.4, 0.5) is 0 Å². The first kappa shape index (κ1) is 20.0. The predicted octanol–water partition coefficient (Wildman–Crippen LogP) is 5.00. The van der Waals surface area contributed by atoms with E-state index in [2.05, 4.69) is 118 Å². The average molecular weight is 412 g/mol. The molecule has 2 heteroatoms. The van der Waals surface area contributed by atoms with Crippen molar-refractivity contribution in [2.75, 3.05) is 0 Å². The van der Waals surface area contributed by atoms with Crippen molar-refractivity contribution in [1.82, 2.24) is 0 Å². The molecule has 4 rings (SSSR count). The highest BCUT2D eigenvalue weighted by atomic mass is 31.1. The van der Waals surface area contributed by atoms with Gasteiger partial charge in [-0.15, -0.1) is 0 Å². The van der Waals surface area contributed by atoms with Crippen LogP contribution < -0.4 is 26.5 Å². The van der Waals surface area contributed by atoms with Crippen molar-refractivity contribution in [3.8, 4) is 0 Å². The van der Waals surface area contributed by atoms with E-state index in [0.717, 1.165) is 0 Å². The Bertz CT molecular complexity index is 1080. The van der Waals surface area contributed by atoms with E-state index in [9.17, 15) is 0 Å². The van der Waals surface area contributed by atoms with Crippen molar-refractivity contribution in [2.45, 2.75) is 20.8 Å². The molecule has 0 fully saturated rings. The monoisotopic (exact) mass is 412 g/mol. The second-order valence-corrected chi connectivity index (χ2v) is 10.8. The van der Waals surface area contributed by atoms with Gasteiger partial charge in [-0.2, -0.15) is 0 Å². The highest BCUT2D eigenvalue weighted by Crippen LogP contribution is 2.36. The van der Waals surface area contributed by atoms with E-state index in [-0.39, 0.29) is 0 Å². The zero-order chi connectivity index (χ0) is 20.2. The number of hydrogen-bond acceptors (Lipinski definition) is 0. The van der Waals surface area contributed by atoms with Gasteiger partial charge in [-0.3, -0.25) is 0 Å². The lowest BCUT2D eigenvalue weighted by molar-refractivity contribution is 1.50. The van der Waals surface area contributed by atoms with Crippen molar-refractivity contribution in [2.24, 2.45) is 0 Å². The molecule has 0 N–H and O–H groups in total. The van der Waals surface area contributed by atoms with E-state index in [1.807, 2.05) is 0 Å². The number of rotatable bonds is 5. The smallest absolute Gasteiger partial charge is 0.00733 e. The Morgan fingerprint density at radius 3 is 1.38 bits per heavy atom. The highest BCUT2D eigenvalue weighted by molar-refractivity contribution is 7.81. The second kappa shape index (κ2) is 9.04. The molecular weight excluding hydrogens is 386 g/mol. The fraction of sp³-hybridized carbons (Fsp3) is 0.111. The maximum absolute atomic E-state index is 2.35. The lowest BCUT2D eigenvalue weighted by Gasteiger charge is -2.25. The van der Waals surface area contributed by atoms with Crippen LogP contribution in [0.5, 0.6) is 0 Å². The summed E-state index contributed by atoms with van der Waals surface area (Å²) in [5.74, 6) is 0. The fourth-order valence-corrected chi connectivity index (χ4v) is 7.95.